The van der Waals surface area contributed by atoms with Gasteiger partial charge in [-0.3, -0.25) is 4.90 Å². The summed E-state index contributed by atoms with van der Waals surface area (Å²) in [6.07, 6.45) is 2.50. The maximum absolute atomic E-state index is 5.76. The lowest BCUT2D eigenvalue weighted by Crippen LogP contribution is -2.40. The fourth-order valence-electron chi connectivity index (χ4n) is 5.17. The zero-order valence-corrected chi connectivity index (χ0v) is 23.4. The summed E-state index contributed by atoms with van der Waals surface area (Å²) >= 11 is 0. The summed E-state index contributed by atoms with van der Waals surface area (Å²) in [7, 11) is 1.71. The molecule has 0 radical (unpaired) electrons. The fourth-order valence-corrected chi connectivity index (χ4v) is 5.17. The molecule has 1 aromatic rings. The Bertz CT molecular complexity index is 707. The first-order valence-corrected chi connectivity index (χ1v) is 12.5. The predicted molar refractivity (Wildman–Crippen MR) is 147 cm³/mol. The third-order valence-electron chi connectivity index (χ3n) is 6.56. The molecule has 2 fully saturated rings. The SMILES string of the molecule is CCNC(=NCc1ccccc1CN1CC(C)CC(C)C1)N1CCC(COCCOC)C1.I. The van der Waals surface area contributed by atoms with E-state index in [0.29, 0.717) is 19.1 Å². The van der Waals surface area contributed by atoms with Gasteiger partial charge >= 0.3 is 0 Å². The van der Waals surface area contributed by atoms with Crippen molar-refractivity contribution >= 4 is 29.9 Å². The zero-order chi connectivity index (χ0) is 22.8. The molecule has 0 amide bonds. The van der Waals surface area contributed by atoms with Crippen LogP contribution in [0.3, 0.4) is 0 Å². The summed E-state index contributed by atoms with van der Waals surface area (Å²) < 4.78 is 10.8. The molecule has 0 aliphatic carbocycles. The van der Waals surface area contributed by atoms with E-state index >= 15 is 0 Å². The third kappa shape index (κ3) is 9.34. The molecule has 2 aliphatic rings. The summed E-state index contributed by atoms with van der Waals surface area (Å²) in [6, 6.07) is 8.84. The number of rotatable bonds is 10. The second kappa shape index (κ2) is 15.2. The van der Waals surface area contributed by atoms with Crippen molar-refractivity contribution in [3.05, 3.63) is 35.4 Å². The van der Waals surface area contributed by atoms with Crippen LogP contribution in [0.4, 0.5) is 0 Å². The average Bonchev–Trinajstić information content (AvgIpc) is 3.23. The summed E-state index contributed by atoms with van der Waals surface area (Å²) in [6.45, 7) is 16.1. The van der Waals surface area contributed by atoms with E-state index < -0.39 is 0 Å². The van der Waals surface area contributed by atoms with Crippen LogP contribution in [0, 0.1) is 17.8 Å². The van der Waals surface area contributed by atoms with Crippen molar-refractivity contribution in [1.29, 1.82) is 0 Å². The lowest BCUT2D eigenvalue weighted by molar-refractivity contribution is 0.0536. The number of benzene rings is 1. The second-order valence-electron chi connectivity index (χ2n) is 9.75. The zero-order valence-electron chi connectivity index (χ0n) is 21.1. The summed E-state index contributed by atoms with van der Waals surface area (Å²) in [5.41, 5.74) is 2.76. The van der Waals surface area contributed by atoms with Crippen LogP contribution in [-0.4, -0.2) is 75.4 Å². The highest BCUT2D eigenvalue weighted by atomic mass is 127. The molecule has 0 saturated carbocycles. The third-order valence-corrected chi connectivity index (χ3v) is 6.56. The molecule has 2 aliphatic heterocycles. The van der Waals surface area contributed by atoms with Crippen LogP contribution in [0.25, 0.3) is 0 Å². The van der Waals surface area contributed by atoms with Crippen LogP contribution in [0.15, 0.2) is 29.3 Å². The van der Waals surface area contributed by atoms with E-state index in [2.05, 4.69) is 60.2 Å². The van der Waals surface area contributed by atoms with E-state index in [0.717, 1.165) is 63.5 Å². The van der Waals surface area contributed by atoms with Gasteiger partial charge in [-0.15, -0.1) is 24.0 Å². The van der Waals surface area contributed by atoms with Gasteiger partial charge in [0.05, 0.1) is 26.4 Å². The molecule has 0 bridgehead atoms. The Labute approximate surface area is 218 Å². The minimum atomic E-state index is 0. The van der Waals surface area contributed by atoms with E-state index in [1.165, 1.54) is 30.6 Å². The second-order valence-corrected chi connectivity index (χ2v) is 9.75. The van der Waals surface area contributed by atoms with Crippen molar-refractivity contribution in [2.75, 3.05) is 59.7 Å². The molecule has 6 nitrogen and oxygen atoms in total. The van der Waals surface area contributed by atoms with Crippen molar-refractivity contribution in [3.63, 3.8) is 0 Å². The molecule has 3 unspecified atom stereocenters. The smallest absolute Gasteiger partial charge is 0.194 e. The number of piperidine rings is 1. The van der Waals surface area contributed by atoms with Gasteiger partial charge in [-0.1, -0.05) is 38.1 Å². The molecule has 188 valence electrons. The van der Waals surface area contributed by atoms with Crippen LogP contribution in [0.5, 0.6) is 0 Å². The maximum Gasteiger partial charge on any atom is 0.194 e. The van der Waals surface area contributed by atoms with Crippen LogP contribution in [0.1, 0.15) is 44.7 Å². The van der Waals surface area contributed by atoms with Crippen molar-refractivity contribution in [2.24, 2.45) is 22.7 Å². The molecule has 0 spiro atoms. The van der Waals surface area contributed by atoms with Crippen molar-refractivity contribution in [2.45, 2.75) is 46.7 Å². The van der Waals surface area contributed by atoms with Crippen molar-refractivity contribution in [3.8, 4) is 0 Å². The Kier molecular flexibility index (Phi) is 13.0. The number of halogens is 1. The fraction of sp³-hybridized carbons (Fsp3) is 0.731. The first-order chi connectivity index (χ1) is 15.6. The van der Waals surface area contributed by atoms with Gasteiger partial charge in [0.2, 0.25) is 0 Å². The molecule has 0 aromatic heterocycles. The van der Waals surface area contributed by atoms with Gasteiger partial charge in [0.1, 0.15) is 0 Å². The number of hydrogen-bond acceptors (Lipinski definition) is 4. The van der Waals surface area contributed by atoms with E-state index in [-0.39, 0.29) is 24.0 Å². The van der Waals surface area contributed by atoms with Crippen LogP contribution < -0.4 is 5.32 Å². The number of likely N-dealkylation sites (tertiary alicyclic amines) is 2. The lowest BCUT2D eigenvalue weighted by atomic mass is 9.91. The molecule has 3 rings (SSSR count). The Hall–Kier alpha value is -0.900. The lowest BCUT2D eigenvalue weighted by Gasteiger charge is -2.35. The molecule has 7 heteroatoms. The van der Waals surface area contributed by atoms with Gasteiger partial charge < -0.3 is 19.7 Å². The first kappa shape index (κ1) is 28.3. The highest BCUT2D eigenvalue weighted by Gasteiger charge is 2.25. The Morgan fingerprint density at radius 3 is 2.52 bits per heavy atom. The quantitative estimate of drug-likeness (QED) is 0.197. The first-order valence-electron chi connectivity index (χ1n) is 12.5. The van der Waals surface area contributed by atoms with Gasteiger partial charge in [0.15, 0.2) is 5.96 Å². The van der Waals surface area contributed by atoms with Crippen molar-refractivity contribution < 1.29 is 9.47 Å². The standard InChI is InChI=1S/C26H44N4O2.HI/c1-5-27-26(30-11-10-23(18-30)20-32-13-12-31-4)28-15-24-8-6-7-9-25(24)19-29-16-21(2)14-22(3)17-29;/h6-9,21-23H,5,10-20H2,1-4H3,(H,27,28);1H. The van der Waals surface area contributed by atoms with Gasteiger partial charge in [-0.25, -0.2) is 4.99 Å². The molecule has 33 heavy (non-hydrogen) atoms. The van der Waals surface area contributed by atoms with Gasteiger partial charge in [0, 0.05) is 52.3 Å². The number of guanidine groups is 1. The normalized spacial score (nSPS) is 24.1. The van der Waals surface area contributed by atoms with Crippen LogP contribution in [-0.2, 0) is 22.6 Å². The van der Waals surface area contributed by atoms with Gasteiger partial charge in [0.25, 0.3) is 0 Å². The minimum Gasteiger partial charge on any atom is -0.382 e. The average molecular weight is 573 g/mol. The minimum absolute atomic E-state index is 0. The number of hydrogen-bond donors (Lipinski definition) is 1. The molecule has 1 N–H and O–H groups in total. The van der Waals surface area contributed by atoms with E-state index in [4.69, 9.17) is 14.5 Å². The molecular weight excluding hydrogens is 527 g/mol. The van der Waals surface area contributed by atoms with Crippen molar-refractivity contribution in [1.82, 2.24) is 15.1 Å². The summed E-state index contributed by atoms with van der Waals surface area (Å²) in [4.78, 5) is 10.1. The number of aliphatic imine (C=N–C) groups is 1. The Balaban J connectivity index is 0.00000385. The van der Waals surface area contributed by atoms with Gasteiger partial charge in [-0.05, 0) is 42.7 Å². The molecule has 3 atom stereocenters. The van der Waals surface area contributed by atoms with E-state index in [1.54, 1.807) is 7.11 Å². The Morgan fingerprint density at radius 1 is 1.09 bits per heavy atom. The highest BCUT2D eigenvalue weighted by molar-refractivity contribution is 14.0. The van der Waals surface area contributed by atoms with Crippen LogP contribution >= 0.6 is 24.0 Å². The predicted octanol–water partition coefficient (Wildman–Crippen LogP) is 4.23. The number of nitrogens with one attached hydrogen (secondary N) is 1. The monoisotopic (exact) mass is 572 g/mol. The number of methoxy groups -OCH3 is 1. The molecule has 2 saturated heterocycles. The van der Waals surface area contributed by atoms with Gasteiger partial charge in [-0.2, -0.15) is 0 Å². The Morgan fingerprint density at radius 2 is 1.82 bits per heavy atom. The molecular formula is C26H45IN4O2. The number of ether oxygens (including phenoxy) is 2. The maximum atomic E-state index is 5.76. The summed E-state index contributed by atoms with van der Waals surface area (Å²) in [5, 5.41) is 3.51. The molecule has 1 aromatic carbocycles. The van der Waals surface area contributed by atoms with E-state index in [9.17, 15) is 0 Å². The molecule has 2 heterocycles. The topological polar surface area (TPSA) is 49.3 Å². The highest BCUT2D eigenvalue weighted by Crippen LogP contribution is 2.24. The van der Waals surface area contributed by atoms with Crippen LogP contribution in [0.2, 0.25) is 0 Å². The van der Waals surface area contributed by atoms with E-state index in [1.807, 2.05) is 0 Å². The summed E-state index contributed by atoms with van der Waals surface area (Å²) in [5.74, 6) is 3.16. The number of nitrogens with zero attached hydrogens (tertiary/aromatic N) is 3. The largest absolute Gasteiger partial charge is 0.382 e.